The fourth-order valence-corrected chi connectivity index (χ4v) is 11.3. The number of carbonyl (C=O) groups is 1. The predicted molar refractivity (Wildman–Crippen MR) is 140 cm³/mol. The number of hydrogen-bond acceptors (Lipinski definition) is 8. The van der Waals surface area contributed by atoms with Crippen LogP contribution in [0.5, 0.6) is 0 Å². The highest BCUT2D eigenvalue weighted by Crippen LogP contribution is 2.78. The molecule has 1 aliphatic heterocycles. The highest BCUT2D eigenvalue weighted by atomic mass is 16.6. The lowest BCUT2D eigenvalue weighted by Gasteiger charge is -2.69. The van der Waals surface area contributed by atoms with E-state index in [1.165, 1.54) is 0 Å². The van der Waals surface area contributed by atoms with Crippen molar-refractivity contribution in [3.05, 3.63) is 29.8 Å². The molecule has 5 saturated carbocycles. The second-order valence-corrected chi connectivity index (χ2v) is 12.9. The van der Waals surface area contributed by atoms with Crippen LogP contribution in [0.4, 0.5) is 5.69 Å². The quantitative estimate of drug-likeness (QED) is 0.431. The number of fused-ring (bicyclic) bond motifs is 2. The number of nitrogens with zero attached hydrogens (tertiary/aromatic N) is 1. The first-order valence-electron chi connectivity index (χ1n) is 14.4. The van der Waals surface area contributed by atoms with Crippen LogP contribution in [-0.4, -0.2) is 86.0 Å². The molecule has 208 valence electrons. The molecule has 1 aromatic carbocycles. The van der Waals surface area contributed by atoms with Gasteiger partial charge < -0.3 is 29.8 Å². The molecule has 5 aliphatic carbocycles. The molecule has 6 fully saturated rings. The summed E-state index contributed by atoms with van der Waals surface area (Å²) < 4.78 is 25.3. The van der Waals surface area contributed by atoms with Gasteiger partial charge in [-0.15, -0.1) is 0 Å². The monoisotopic (exact) mass is 526 g/mol. The Morgan fingerprint density at radius 3 is 2.61 bits per heavy atom. The number of aliphatic hydroxyl groups is 1. The number of para-hydroxylation sites is 1. The second kappa shape index (κ2) is 8.40. The molecule has 0 amide bonds. The van der Waals surface area contributed by atoms with Gasteiger partial charge in [-0.3, -0.25) is 4.90 Å². The molecule has 0 aromatic heterocycles. The molecule has 1 aromatic rings. The maximum Gasteiger partial charge on any atom is 0.340 e. The summed E-state index contributed by atoms with van der Waals surface area (Å²) in [5.41, 5.74) is 5.31. The van der Waals surface area contributed by atoms with Crippen molar-refractivity contribution in [2.75, 3.05) is 40.2 Å². The topological polar surface area (TPSA) is 103 Å². The second-order valence-electron chi connectivity index (χ2n) is 12.9. The zero-order valence-electron chi connectivity index (χ0n) is 23.0. The molecule has 7 rings (SSSR count). The number of ether oxygens (including phenoxy) is 4. The van der Waals surface area contributed by atoms with Crippen LogP contribution < -0.4 is 5.73 Å². The van der Waals surface area contributed by atoms with E-state index >= 15 is 0 Å². The molecular formula is C30H42N2O6. The summed E-state index contributed by atoms with van der Waals surface area (Å²) >= 11 is 0. The van der Waals surface area contributed by atoms with Gasteiger partial charge >= 0.3 is 5.97 Å². The van der Waals surface area contributed by atoms with Gasteiger partial charge in [-0.25, -0.2) is 4.79 Å². The summed E-state index contributed by atoms with van der Waals surface area (Å²) in [5, 5.41) is 12.7. The van der Waals surface area contributed by atoms with Crippen molar-refractivity contribution in [3.63, 3.8) is 0 Å². The summed E-state index contributed by atoms with van der Waals surface area (Å²) in [5.74, 6) is 0.280. The fraction of sp³-hybridized carbons (Fsp3) is 0.767. The largest absolute Gasteiger partial charge is 0.454 e. The minimum absolute atomic E-state index is 0.0231. The molecule has 1 spiro atoms. The minimum atomic E-state index is -0.887. The van der Waals surface area contributed by atoms with Crippen LogP contribution in [0.3, 0.4) is 0 Å². The predicted octanol–water partition coefficient (Wildman–Crippen LogP) is 2.73. The lowest BCUT2D eigenvalue weighted by molar-refractivity contribution is -0.284. The number of methoxy groups -OCH3 is 3. The number of likely N-dealkylation sites (tertiary alicyclic amines) is 1. The molecule has 8 nitrogen and oxygen atoms in total. The number of likely N-dealkylation sites (N-methyl/N-ethyl adjacent to an activating group) is 1. The van der Waals surface area contributed by atoms with Gasteiger partial charge in [0.15, 0.2) is 0 Å². The summed E-state index contributed by atoms with van der Waals surface area (Å²) in [7, 11) is 5.40. The van der Waals surface area contributed by atoms with E-state index in [0.29, 0.717) is 24.2 Å². The number of anilines is 1. The van der Waals surface area contributed by atoms with Gasteiger partial charge in [0.25, 0.3) is 0 Å². The van der Waals surface area contributed by atoms with E-state index in [4.69, 9.17) is 24.7 Å². The van der Waals surface area contributed by atoms with E-state index in [0.717, 1.165) is 32.2 Å². The third kappa shape index (κ3) is 2.81. The van der Waals surface area contributed by atoms with Crippen molar-refractivity contribution in [1.29, 1.82) is 0 Å². The van der Waals surface area contributed by atoms with Gasteiger partial charge in [0.05, 0.1) is 29.5 Å². The Bertz CT molecular complexity index is 1130. The summed E-state index contributed by atoms with van der Waals surface area (Å²) in [6.07, 6.45) is 3.96. The van der Waals surface area contributed by atoms with Gasteiger partial charge in [-0.1, -0.05) is 19.1 Å². The van der Waals surface area contributed by atoms with Crippen molar-refractivity contribution in [2.24, 2.45) is 35.0 Å². The molecule has 1 heterocycles. The number of carbonyl (C=O) groups excluding carboxylic acids is 1. The third-order valence-electron chi connectivity index (χ3n) is 12.2. The van der Waals surface area contributed by atoms with Crippen molar-refractivity contribution < 1.29 is 28.8 Å². The molecule has 6 aliphatic rings. The van der Waals surface area contributed by atoms with Gasteiger partial charge in [0.1, 0.15) is 5.60 Å². The van der Waals surface area contributed by atoms with E-state index in [2.05, 4.69) is 11.8 Å². The average molecular weight is 527 g/mol. The zero-order valence-corrected chi connectivity index (χ0v) is 23.0. The van der Waals surface area contributed by atoms with Crippen LogP contribution in [0.15, 0.2) is 24.3 Å². The summed E-state index contributed by atoms with van der Waals surface area (Å²) in [4.78, 5) is 16.2. The molecule has 0 unspecified atom stereocenters. The van der Waals surface area contributed by atoms with Crippen LogP contribution in [0.25, 0.3) is 0 Å². The summed E-state index contributed by atoms with van der Waals surface area (Å²) in [6.45, 7) is 3.71. The van der Waals surface area contributed by atoms with Crippen molar-refractivity contribution >= 4 is 11.7 Å². The zero-order chi connectivity index (χ0) is 26.6. The fourth-order valence-electron chi connectivity index (χ4n) is 11.3. The van der Waals surface area contributed by atoms with Gasteiger partial charge in [-0.05, 0) is 50.3 Å². The average Bonchev–Trinajstić information content (AvgIpc) is 3.38. The van der Waals surface area contributed by atoms with E-state index in [1.54, 1.807) is 26.4 Å². The number of benzene rings is 1. The molecule has 1 saturated heterocycles. The molecule has 7 bridgehead atoms. The van der Waals surface area contributed by atoms with Crippen molar-refractivity contribution in [2.45, 2.75) is 74.6 Å². The first-order chi connectivity index (χ1) is 18.3. The Labute approximate surface area is 225 Å². The molecule has 12 atom stereocenters. The highest BCUT2D eigenvalue weighted by molar-refractivity contribution is 5.95. The van der Waals surface area contributed by atoms with Gasteiger partial charge in [0, 0.05) is 75.1 Å². The van der Waals surface area contributed by atoms with Crippen molar-refractivity contribution in [3.8, 4) is 0 Å². The number of esters is 1. The normalized spacial score (nSPS) is 50.2. The van der Waals surface area contributed by atoms with Crippen LogP contribution in [0.1, 0.15) is 49.4 Å². The standard InChI is InChI=1S/C30H42N2O6/c1-5-32-15-28(38-27(33)16-8-6-7-9-20(16)31)11-10-23(36-3)30-18-12-17-21(35-2)14-29(34,24(18)25(17)37-4)19(26(30)32)13-22(28)30/h6-9,17-19,21-26,34H,5,10-15,31H2,1-4H3/t17-,18-,19-,21+,22-,23+,24-,25+,26+,28-,29+,30+/m1/s1. The van der Waals surface area contributed by atoms with Gasteiger partial charge in [0.2, 0.25) is 0 Å². The Morgan fingerprint density at radius 1 is 1.13 bits per heavy atom. The lowest BCUT2D eigenvalue weighted by atomic mass is 9.45. The van der Waals surface area contributed by atoms with E-state index in [9.17, 15) is 9.90 Å². The van der Waals surface area contributed by atoms with Crippen LogP contribution in [0, 0.1) is 35.0 Å². The number of nitrogens with two attached hydrogens (primary N) is 1. The molecule has 8 heteroatoms. The lowest BCUT2D eigenvalue weighted by Crippen LogP contribution is -2.78. The Kier molecular flexibility index (Phi) is 5.59. The minimum Gasteiger partial charge on any atom is -0.454 e. The van der Waals surface area contributed by atoms with Crippen LogP contribution in [-0.2, 0) is 18.9 Å². The number of piperidine rings is 1. The number of rotatable bonds is 6. The molecule has 38 heavy (non-hydrogen) atoms. The molecule has 0 radical (unpaired) electrons. The highest BCUT2D eigenvalue weighted by Gasteiger charge is 2.84. The number of nitrogen functional groups attached to an aromatic ring is 1. The molecular weight excluding hydrogens is 484 g/mol. The summed E-state index contributed by atoms with van der Waals surface area (Å²) in [6, 6.07) is 7.35. The number of hydrogen-bond donors (Lipinski definition) is 2. The Hall–Kier alpha value is -1.71. The van der Waals surface area contributed by atoms with E-state index in [1.807, 2.05) is 19.2 Å². The Morgan fingerprint density at radius 2 is 1.92 bits per heavy atom. The first-order valence-corrected chi connectivity index (χ1v) is 14.4. The van der Waals surface area contributed by atoms with E-state index < -0.39 is 11.2 Å². The van der Waals surface area contributed by atoms with Crippen molar-refractivity contribution in [1.82, 2.24) is 4.90 Å². The molecule has 3 N–H and O–H groups in total. The van der Waals surface area contributed by atoms with Crippen LogP contribution in [0.2, 0.25) is 0 Å². The maximum atomic E-state index is 13.7. The first kappa shape index (κ1) is 25.3. The van der Waals surface area contributed by atoms with E-state index in [-0.39, 0.29) is 65.3 Å². The maximum absolute atomic E-state index is 13.7. The Balaban J connectivity index is 1.39. The smallest absolute Gasteiger partial charge is 0.340 e. The SMILES string of the molecule is CCN1C[C@]2(OC(=O)c3ccccc3N)CC[C@H](OC)[C@]34[C@@H]5C[C@H]6[C@H](OC)[C@@H]5[C@](O)(C[C@@H]6OC)[C@H](C[C@H]23)[C@H]14. The third-order valence-corrected chi connectivity index (χ3v) is 12.2. The van der Waals surface area contributed by atoms with Gasteiger partial charge in [-0.2, -0.15) is 0 Å². The van der Waals surface area contributed by atoms with Crippen LogP contribution >= 0.6 is 0 Å².